The lowest BCUT2D eigenvalue weighted by molar-refractivity contribution is -0.384. The molecule has 3 aromatic carbocycles. The van der Waals surface area contributed by atoms with Crippen LogP contribution in [0.1, 0.15) is 36.1 Å². The third-order valence-electron chi connectivity index (χ3n) is 6.53. The van der Waals surface area contributed by atoms with Crippen molar-refractivity contribution in [2.75, 3.05) is 7.11 Å². The molecule has 208 valence electrons. The molecule has 9 nitrogen and oxygen atoms in total. The second-order valence-corrected chi connectivity index (χ2v) is 11.0. The Morgan fingerprint density at radius 2 is 1.93 bits per heavy atom. The number of nitrogens with zero attached hydrogens (tertiary/aromatic N) is 3. The number of esters is 1. The quantitative estimate of drug-likeness (QED) is 0.152. The van der Waals surface area contributed by atoms with Crippen LogP contribution in [0, 0.1) is 10.1 Å². The van der Waals surface area contributed by atoms with Gasteiger partial charge in [0.05, 0.1) is 38.4 Å². The van der Waals surface area contributed by atoms with E-state index >= 15 is 0 Å². The standard InChI is InChI=1S/C30H24BrN3O6S/c1-3-23-26(29(36)39-2)27(20-9-5-4-6-10-20)33-28(35)25(41-30(33)32-23)16-18-12-13-24(22(31)15-18)40-17-19-8-7-11-21(14-19)34(37)38/h4-16,27H,3,17H2,1-2H3/b25-16-/t27-/m1/s1. The molecule has 1 atom stereocenters. The monoisotopic (exact) mass is 633 g/mol. The molecule has 1 aliphatic heterocycles. The Labute approximate surface area is 247 Å². The van der Waals surface area contributed by atoms with Crippen LogP contribution in [0.4, 0.5) is 5.69 Å². The molecule has 1 aromatic heterocycles. The largest absolute Gasteiger partial charge is 0.488 e. The predicted molar refractivity (Wildman–Crippen MR) is 158 cm³/mol. The summed E-state index contributed by atoms with van der Waals surface area (Å²) in [6.45, 7) is 2.07. The molecule has 0 amide bonds. The van der Waals surface area contributed by atoms with Crippen LogP contribution in [0.3, 0.4) is 0 Å². The van der Waals surface area contributed by atoms with Crippen molar-refractivity contribution in [2.24, 2.45) is 4.99 Å². The molecule has 0 bridgehead atoms. The van der Waals surface area contributed by atoms with E-state index in [2.05, 4.69) is 20.9 Å². The average Bonchev–Trinajstić information content (AvgIpc) is 3.29. The molecule has 0 radical (unpaired) electrons. The highest BCUT2D eigenvalue weighted by atomic mass is 79.9. The molecule has 1 aliphatic rings. The van der Waals surface area contributed by atoms with E-state index in [0.29, 0.717) is 42.8 Å². The van der Waals surface area contributed by atoms with Crippen molar-refractivity contribution < 1.29 is 19.2 Å². The number of hydrogen-bond acceptors (Lipinski definition) is 8. The Balaban J connectivity index is 1.50. The first-order chi connectivity index (χ1) is 19.8. The van der Waals surface area contributed by atoms with E-state index in [4.69, 9.17) is 9.47 Å². The van der Waals surface area contributed by atoms with Crippen LogP contribution in [0.15, 0.2) is 98.3 Å². The highest BCUT2D eigenvalue weighted by molar-refractivity contribution is 9.10. The second-order valence-electron chi connectivity index (χ2n) is 9.10. The maximum atomic E-state index is 13.8. The fourth-order valence-corrected chi connectivity index (χ4v) is 6.14. The number of thiazole rings is 1. The number of carbonyl (C=O) groups excluding carboxylic acids is 1. The third-order valence-corrected chi connectivity index (χ3v) is 8.14. The summed E-state index contributed by atoms with van der Waals surface area (Å²) in [4.78, 5) is 42.4. The average molecular weight is 635 g/mol. The van der Waals surface area contributed by atoms with Gasteiger partial charge in [-0.2, -0.15) is 0 Å². The molecule has 0 fully saturated rings. The number of rotatable bonds is 8. The molecule has 11 heteroatoms. The summed E-state index contributed by atoms with van der Waals surface area (Å²) in [5.41, 5.74) is 2.89. The minimum Gasteiger partial charge on any atom is -0.488 e. The van der Waals surface area contributed by atoms with Crippen molar-refractivity contribution in [3.8, 4) is 5.75 Å². The minimum atomic E-state index is -0.659. The number of carbonyl (C=O) groups is 1. The number of aromatic nitrogens is 1. The van der Waals surface area contributed by atoms with Crippen molar-refractivity contribution >= 4 is 45.0 Å². The maximum Gasteiger partial charge on any atom is 0.338 e. The number of nitro benzene ring substituents is 1. The number of hydrogen-bond donors (Lipinski definition) is 0. The Kier molecular flexibility index (Phi) is 8.27. The number of ether oxygens (including phenoxy) is 2. The number of nitro groups is 1. The minimum absolute atomic E-state index is 0.00116. The number of halogens is 1. The van der Waals surface area contributed by atoms with Crippen LogP contribution in [-0.2, 0) is 16.1 Å². The van der Waals surface area contributed by atoms with E-state index in [0.717, 1.165) is 11.1 Å². The Morgan fingerprint density at radius 3 is 2.61 bits per heavy atom. The van der Waals surface area contributed by atoms with E-state index in [-0.39, 0.29) is 17.9 Å². The van der Waals surface area contributed by atoms with Gasteiger partial charge in [0, 0.05) is 12.1 Å². The van der Waals surface area contributed by atoms with Gasteiger partial charge in [0.2, 0.25) is 0 Å². The predicted octanol–water partition coefficient (Wildman–Crippen LogP) is 5.05. The first kappa shape index (κ1) is 28.2. The molecule has 0 unspecified atom stereocenters. The van der Waals surface area contributed by atoms with Crippen molar-refractivity contribution in [2.45, 2.75) is 26.0 Å². The number of benzene rings is 3. The van der Waals surface area contributed by atoms with Crippen molar-refractivity contribution in [1.29, 1.82) is 0 Å². The first-order valence-electron chi connectivity index (χ1n) is 12.6. The Morgan fingerprint density at radius 1 is 1.15 bits per heavy atom. The first-order valence-corrected chi connectivity index (χ1v) is 14.3. The molecule has 0 saturated heterocycles. The highest BCUT2D eigenvalue weighted by Gasteiger charge is 2.33. The van der Waals surface area contributed by atoms with Gasteiger partial charge in [0.25, 0.3) is 11.2 Å². The Hall–Kier alpha value is -4.35. The Bertz CT molecular complexity index is 1860. The van der Waals surface area contributed by atoms with E-state index in [1.54, 1.807) is 28.8 Å². The van der Waals surface area contributed by atoms with Gasteiger partial charge in [-0.05, 0) is 57.2 Å². The van der Waals surface area contributed by atoms with Gasteiger partial charge < -0.3 is 9.47 Å². The van der Waals surface area contributed by atoms with Crippen molar-refractivity contribution in [3.63, 3.8) is 0 Å². The van der Waals surface area contributed by atoms with E-state index in [9.17, 15) is 19.7 Å². The van der Waals surface area contributed by atoms with Gasteiger partial charge >= 0.3 is 5.97 Å². The van der Waals surface area contributed by atoms with Gasteiger partial charge in [-0.15, -0.1) is 0 Å². The normalized spacial score (nSPS) is 14.8. The zero-order valence-corrected chi connectivity index (χ0v) is 24.5. The zero-order chi connectivity index (χ0) is 29.1. The van der Waals surface area contributed by atoms with E-state index in [1.807, 2.05) is 49.4 Å². The van der Waals surface area contributed by atoms with E-state index < -0.39 is 16.9 Å². The number of non-ortho nitro benzene ring substituents is 1. The van der Waals surface area contributed by atoms with Gasteiger partial charge in [-0.3, -0.25) is 19.5 Å². The lowest BCUT2D eigenvalue weighted by Crippen LogP contribution is -2.40. The van der Waals surface area contributed by atoms with Crippen molar-refractivity contribution in [3.05, 3.63) is 135 Å². The lowest BCUT2D eigenvalue weighted by atomic mass is 9.95. The van der Waals surface area contributed by atoms with E-state index in [1.165, 1.54) is 30.6 Å². The van der Waals surface area contributed by atoms with Gasteiger partial charge in [0.15, 0.2) is 4.80 Å². The molecular formula is C30H24BrN3O6S. The van der Waals surface area contributed by atoms with Crippen LogP contribution < -0.4 is 19.6 Å². The summed E-state index contributed by atoms with van der Waals surface area (Å²) in [7, 11) is 1.32. The number of fused-ring (bicyclic) bond motifs is 1. The molecule has 2 heterocycles. The SMILES string of the molecule is CCC1=C(C(=O)OC)[C@@H](c2ccccc2)n2c(s/c(=C\c3ccc(OCc4cccc([N+](=O)[O-])c4)c(Br)c3)c2=O)=N1. The smallest absolute Gasteiger partial charge is 0.338 e. The molecule has 0 N–H and O–H groups in total. The summed E-state index contributed by atoms with van der Waals surface area (Å²) in [5.74, 6) is 0.0351. The second kappa shape index (κ2) is 12.0. The van der Waals surface area contributed by atoms with Crippen LogP contribution in [0.5, 0.6) is 5.75 Å². The summed E-state index contributed by atoms with van der Waals surface area (Å²) in [6.07, 6.45) is 2.28. The van der Waals surface area contributed by atoms with Crippen LogP contribution in [0.25, 0.3) is 6.08 Å². The summed E-state index contributed by atoms with van der Waals surface area (Å²) >= 11 is 4.78. The molecule has 4 aromatic rings. The fourth-order valence-electron chi connectivity index (χ4n) is 4.61. The number of methoxy groups -OCH3 is 1. The van der Waals surface area contributed by atoms with Gasteiger partial charge in [0.1, 0.15) is 12.4 Å². The third kappa shape index (κ3) is 5.77. The molecule has 0 saturated carbocycles. The van der Waals surface area contributed by atoms with Gasteiger partial charge in [-0.1, -0.05) is 66.8 Å². The summed E-state index contributed by atoms with van der Waals surface area (Å²) in [6, 6.07) is 20.4. The lowest BCUT2D eigenvalue weighted by Gasteiger charge is -2.25. The van der Waals surface area contributed by atoms with Crippen LogP contribution in [0.2, 0.25) is 0 Å². The topological polar surface area (TPSA) is 113 Å². The zero-order valence-electron chi connectivity index (χ0n) is 22.1. The maximum absolute atomic E-state index is 13.8. The summed E-state index contributed by atoms with van der Waals surface area (Å²) < 4.78 is 13.6. The fraction of sp³-hybridized carbons (Fsp3) is 0.167. The summed E-state index contributed by atoms with van der Waals surface area (Å²) in [5, 5.41) is 11.0. The van der Waals surface area contributed by atoms with Gasteiger partial charge in [-0.25, -0.2) is 9.79 Å². The van der Waals surface area contributed by atoms with Crippen LogP contribution in [-0.4, -0.2) is 22.6 Å². The van der Waals surface area contributed by atoms with Crippen molar-refractivity contribution in [1.82, 2.24) is 4.57 Å². The van der Waals surface area contributed by atoms with Crippen LogP contribution >= 0.6 is 27.3 Å². The highest BCUT2D eigenvalue weighted by Crippen LogP contribution is 2.32. The molecule has 0 aliphatic carbocycles. The molecule has 41 heavy (non-hydrogen) atoms. The molecule has 5 rings (SSSR count). The number of allylic oxidation sites excluding steroid dienone is 1. The molecular weight excluding hydrogens is 610 g/mol. The molecule has 0 spiro atoms.